The van der Waals surface area contributed by atoms with E-state index in [1.807, 2.05) is 36.5 Å². The number of rotatable bonds is 7. The van der Waals surface area contributed by atoms with Gasteiger partial charge in [0.25, 0.3) is 0 Å². The Bertz CT molecular complexity index is 1010. The minimum Gasteiger partial charge on any atom is -0.495 e. The minimum absolute atomic E-state index is 0.00290. The van der Waals surface area contributed by atoms with Crippen LogP contribution >= 0.6 is 11.6 Å². The fourth-order valence-electron chi connectivity index (χ4n) is 3.40. The number of fused-ring (bicyclic) bond motifs is 1. The summed E-state index contributed by atoms with van der Waals surface area (Å²) in [6, 6.07) is 9.77. The Kier molecular flexibility index (Phi) is 5.99. The average molecular weight is 415 g/mol. The molecule has 0 amide bonds. The second-order valence-electron chi connectivity index (χ2n) is 6.82. The normalized spacial score (nSPS) is 16.2. The van der Waals surface area contributed by atoms with Crippen molar-refractivity contribution in [2.75, 3.05) is 44.1 Å². The van der Waals surface area contributed by atoms with E-state index in [2.05, 4.69) is 15.6 Å². The van der Waals surface area contributed by atoms with Gasteiger partial charge in [0, 0.05) is 35.7 Å². The molecule has 8 heteroatoms. The van der Waals surface area contributed by atoms with E-state index >= 15 is 0 Å². The first kappa shape index (κ1) is 19.7. The van der Waals surface area contributed by atoms with Gasteiger partial charge in [0.15, 0.2) is 0 Å². The van der Waals surface area contributed by atoms with E-state index in [4.69, 9.17) is 26.1 Å². The quantitative estimate of drug-likeness (QED) is 0.544. The number of ether oxygens (including phenoxy) is 2. The van der Waals surface area contributed by atoms with E-state index < -0.39 is 0 Å². The Labute approximate surface area is 174 Å². The summed E-state index contributed by atoms with van der Waals surface area (Å²) in [4.78, 5) is 9.33. The summed E-state index contributed by atoms with van der Waals surface area (Å²) in [6.45, 7) is 1.84. The molecule has 4 rings (SSSR count). The Morgan fingerprint density at radius 3 is 3.00 bits per heavy atom. The van der Waals surface area contributed by atoms with Gasteiger partial charge in [-0.1, -0.05) is 23.7 Å². The molecule has 1 aliphatic rings. The van der Waals surface area contributed by atoms with Crippen molar-refractivity contribution in [3.8, 4) is 17.0 Å². The van der Waals surface area contributed by atoms with Crippen molar-refractivity contribution in [1.82, 2.24) is 9.97 Å². The smallest absolute Gasteiger partial charge is 0.138 e. The van der Waals surface area contributed by atoms with Crippen LogP contribution in [0.2, 0.25) is 5.02 Å². The van der Waals surface area contributed by atoms with Crippen molar-refractivity contribution >= 4 is 34.0 Å². The van der Waals surface area contributed by atoms with Crippen LogP contribution in [0.4, 0.5) is 11.6 Å². The van der Waals surface area contributed by atoms with Gasteiger partial charge in [-0.25, -0.2) is 9.97 Å². The monoisotopic (exact) mass is 414 g/mol. The third-order valence-electron chi connectivity index (χ3n) is 4.86. The molecule has 1 aromatic carbocycles. The highest BCUT2D eigenvalue weighted by Gasteiger charge is 2.17. The molecule has 0 bridgehead atoms. The summed E-state index contributed by atoms with van der Waals surface area (Å²) in [7, 11) is 1.58. The number of aliphatic hydroxyl groups excluding tert-OH is 1. The number of pyridine rings is 2. The SMILES string of the molecule is COc1cccc(-c2cc3cnc(NC4CCOC4)cc3c(NCCO)n2)c1Cl. The summed E-state index contributed by atoms with van der Waals surface area (Å²) in [5, 5.41) is 18.2. The van der Waals surface area contributed by atoms with Crippen molar-refractivity contribution in [3.05, 3.63) is 41.6 Å². The molecule has 1 fully saturated rings. The van der Waals surface area contributed by atoms with Gasteiger partial charge in [0.1, 0.15) is 17.4 Å². The predicted octanol–water partition coefficient (Wildman–Crippen LogP) is 3.56. The summed E-state index contributed by atoms with van der Waals surface area (Å²) < 4.78 is 10.8. The van der Waals surface area contributed by atoms with E-state index in [1.165, 1.54) is 0 Å². The van der Waals surface area contributed by atoms with E-state index in [0.717, 1.165) is 35.2 Å². The molecule has 1 unspecified atom stereocenters. The lowest BCUT2D eigenvalue weighted by Crippen LogP contribution is -2.19. The number of nitrogens with one attached hydrogen (secondary N) is 2. The average Bonchev–Trinajstić information content (AvgIpc) is 3.25. The largest absolute Gasteiger partial charge is 0.495 e. The van der Waals surface area contributed by atoms with Crippen LogP contribution in [-0.2, 0) is 4.74 Å². The summed E-state index contributed by atoms with van der Waals surface area (Å²) in [5.74, 6) is 2.03. The number of halogens is 1. The van der Waals surface area contributed by atoms with Crippen molar-refractivity contribution in [2.45, 2.75) is 12.5 Å². The highest BCUT2D eigenvalue weighted by atomic mass is 35.5. The zero-order valence-corrected chi connectivity index (χ0v) is 16.9. The molecule has 3 heterocycles. The van der Waals surface area contributed by atoms with Crippen molar-refractivity contribution in [2.24, 2.45) is 0 Å². The first-order chi connectivity index (χ1) is 14.2. The van der Waals surface area contributed by atoms with Crippen LogP contribution in [0.25, 0.3) is 22.0 Å². The van der Waals surface area contributed by atoms with E-state index in [1.54, 1.807) is 7.11 Å². The van der Waals surface area contributed by atoms with Crippen LogP contribution in [0.15, 0.2) is 36.5 Å². The Hall–Kier alpha value is -2.61. The minimum atomic E-state index is 0.00290. The van der Waals surface area contributed by atoms with Crippen molar-refractivity contribution in [3.63, 3.8) is 0 Å². The number of hydrogen-bond donors (Lipinski definition) is 3. The number of benzene rings is 1. The molecule has 1 aliphatic heterocycles. The van der Waals surface area contributed by atoms with Crippen molar-refractivity contribution in [1.29, 1.82) is 0 Å². The van der Waals surface area contributed by atoms with Crippen LogP contribution in [-0.4, -0.2) is 54.6 Å². The predicted molar refractivity (Wildman–Crippen MR) is 115 cm³/mol. The maximum absolute atomic E-state index is 9.28. The van der Waals surface area contributed by atoms with Crippen LogP contribution in [0.3, 0.4) is 0 Å². The first-order valence-corrected chi connectivity index (χ1v) is 9.90. The molecule has 1 saturated heterocycles. The lowest BCUT2D eigenvalue weighted by molar-refractivity contribution is 0.195. The molecule has 3 N–H and O–H groups in total. The number of methoxy groups -OCH3 is 1. The second-order valence-corrected chi connectivity index (χ2v) is 7.20. The Morgan fingerprint density at radius 2 is 2.24 bits per heavy atom. The number of aliphatic hydroxyl groups is 1. The van der Waals surface area contributed by atoms with Gasteiger partial charge < -0.3 is 25.2 Å². The molecule has 29 heavy (non-hydrogen) atoms. The van der Waals surface area contributed by atoms with Gasteiger partial charge in [0.05, 0.1) is 37.1 Å². The zero-order valence-electron chi connectivity index (χ0n) is 16.1. The first-order valence-electron chi connectivity index (χ1n) is 9.52. The molecule has 1 atom stereocenters. The molecule has 3 aromatic rings. The third kappa shape index (κ3) is 4.22. The molecule has 0 spiro atoms. The van der Waals surface area contributed by atoms with Gasteiger partial charge in [-0.15, -0.1) is 0 Å². The van der Waals surface area contributed by atoms with E-state index in [9.17, 15) is 5.11 Å². The van der Waals surface area contributed by atoms with Crippen LogP contribution in [0, 0.1) is 0 Å². The lowest BCUT2D eigenvalue weighted by atomic mass is 10.1. The number of aromatic nitrogens is 2. The third-order valence-corrected chi connectivity index (χ3v) is 5.25. The zero-order chi connectivity index (χ0) is 20.2. The Morgan fingerprint density at radius 1 is 1.34 bits per heavy atom. The molecular weight excluding hydrogens is 392 g/mol. The number of nitrogens with zero attached hydrogens (tertiary/aromatic N) is 2. The molecule has 7 nitrogen and oxygen atoms in total. The molecular formula is C21H23ClN4O3. The second kappa shape index (κ2) is 8.82. The number of hydrogen-bond acceptors (Lipinski definition) is 7. The summed E-state index contributed by atoms with van der Waals surface area (Å²) in [5.41, 5.74) is 1.47. The van der Waals surface area contributed by atoms with E-state index in [-0.39, 0.29) is 12.6 Å². The number of anilines is 2. The Balaban J connectivity index is 1.77. The molecule has 0 saturated carbocycles. The highest BCUT2D eigenvalue weighted by molar-refractivity contribution is 6.34. The van der Waals surface area contributed by atoms with Crippen LogP contribution in [0.5, 0.6) is 5.75 Å². The van der Waals surface area contributed by atoms with Gasteiger partial charge in [-0.2, -0.15) is 0 Å². The molecule has 2 aromatic heterocycles. The highest BCUT2D eigenvalue weighted by Crippen LogP contribution is 2.37. The fraction of sp³-hybridized carbons (Fsp3) is 0.333. The summed E-state index contributed by atoms with van der Waals surface area (Å²) in [6.07, 6.45) is 2.78. The van der Waals surface area contributed by atoms with Gasteiger partial charge >= 0.3 is 0 Å². The molecule has 0 aliphatic carbocycles. The van der Waals surface area contributed by atoms with Gasteiger partial charge in [-0.05, 0) is 24.6 Å². The standard InChI is InChI=1S/C21H23ClN4O3/c1-28-18-4-2-3-15(20(18)22)17-9-13-11-24-19(25-14-5-8-29-12-14)10-16(13)21(26-17)23-6-7-27/h2-4,9-11,14,27H,5-8,12H2,1H3,(H,23,26)(H,24,25). The van der Waals surface area contributed by atoms with E-state index in [0.29, 0.717) is 35.4 Å². The molecule has 152 valence electrons. The van der Waals surface area contributed by atoms with Gasteiger partial charge in [-0.3, -0.25) is 0 Å². The van der Waals surface area contributed by atoms with Crippen molar-refractivity contribution < 1.29 is 14.6 Å². The van der Waals surface area contributed by atoms with Gasteiger partial charge in [0.2, 0.25) is 0 Å². The topological polar surface area (TPSA) is 88.5 Å². The maximum atomic E-state index is 9.28. The maximum Gasteiger partial charge on any atom is 0.138 e. The lowest BCUT2D eigenvalue weighted by Gasteiger charge is -2.15. The van der Waals surface area contributed by atoms with Crippen LogP contribution < -0.4 is 15.4 Å². The summed E-state index contributed by atoms with van der Waals surface area (Å²) >= 11 is 6.51. The fourth-order valence-corrected chi connectivity index (χ4v) is 3.70. The van der Waals surface area contributed by atoms with Crippen LogP contribution in [0.1, 0.15) is 6.42 Å². The molecule has 0 radical (unpaired) electrons.